The normalized spacial score (nSPS) is 14.4. The fraction of sp³-hybridized carbons (Fsp3) is 0.385. The van der Waals surface area contributed by atoms with Gasteiger partial charge in [-0.2, -0.15) is 4.98 Å². The average Bonchev–Trinajstić information content (AvgIpc) is 2.79. The van der Waals surface area contributed by atoms with Crippen LogP contribution >= 0.6 is 11.6 Å². The maximum Gasteiger partial charge on any atom is 0.258 e. The van der Waals surface area contributed by atoms with Crippen molar-refractivity contribution in [2.75, 3.05) is 0 Å². The molecule has 5 heteroatoms. The smallest absolute Gasteiger partial charge is 0.258 e. The Morgan fingerprint density at radius 3 is 2.78 bits per heavy atom. The zero-order chi connectivity index (χ0) is 13.2. The minimum Gasteiger partial charge on any atom is -0.380 e. The van der Waals surface area contributed by atoms with Crippen molar-refractivity contribution in [3.8, 4) is 11.4 Å². The first kappa shape index (κ1) is 13.1. The van der Waals surface area contributed by atoms with E-state index in [9.17, 15) is 5.11 Å². The molecule has 0 spiro atoms. The number of aromatic nitrogens is 2. The van der Waals surface area contributed by atoms with Gasteiger partial charge in [0.25, 0.3) is 5.89 Å². The van der Waals surface area contributed by atoms with Gasteiger partial charge in [-0.25, -0.2) is 0 Å². The zero-order valence-electron chi connectivity index (χ0n) is 10.4. The predicted molar refractivity (Wildman–Crippen MR) is 69.2 cm³/mol. The molecule has 0 aliphatic rings. The van der Waals surface area contributed by atoms with E-state index < -0.39 is 5.60 Å². The molecular formula is C13H15ClN2O2. The Kier molecular flexibility index (Phi) is 3.68. The van der Waals surface area contributed by atoms with Crippen LogP contribution in [0.2, 0.25) is 5.02 Å². The predicted octanol–water partition coefficient (Wildman–Crippen LogP) is 3.40. The molecule has 2 aromatic rings. The van der Waals surface area contributed by atoms with E-state index in [4.69, 9.17) is 16.1 Å². The number of halogens is 1. The van der Waals surface area contributed by atoms with Gasteiger partial charge >= 0.3 is 0 Å². The van der Waals surface area contributed by atoms with Gasteiger partial charge in [0.05, 0.1) is 5.02 Å². The molecule has 1 N–H and O–H groups in total. The summed E-state index contributed by atoms with van der Waals surface area (Å²) in [6, 6.07) is 7.25. The van der Waals surface area contributed by atoms with Crippen LogP contribution in [0.25, 0.3) is 11.4 Å². The first-order valence-corrected chi connectivity index (χ1v) is 6.24. The molecule has 1 atom stereocenters. The van der Waals surface area contributed by atoms with Crippen LogP contribution in [0.3, 0.4) is 0 Å². The van der Waals surface area contributed by atoms with Gasteiger partial charge in [0, 0.05) is 5.56 Å². The largest absolute Gasteiger partial charge is 0.380 e. The first-order chi connectivity index (χ1) is 8.54. The monoisotopic (exact) mass is 266 g/mol. The maximum absolute atomic E-state index is 10.2. The van der Waals surface area contributed by atoms with Crippen molar-refractivity contribution in [2.24, 2.45) is 0 Å². The van der Waals surface area contributed by atoms with E-state index in [0.717, 1.165) is 6.42 Å². The molecule has 1 aromatic heterocycles. The van der Waals surface area contributed by atoms with Crippen molar-refractivity contribution in [2.45, 2.75) is 32.3 Å². The van der Waals surface area contributed by atoms with Crippen molar-refractivity contribution in [3.05, 3.63) is 35.2 Å². The number of rotatable bonds is 4. The van der Waals surface area contributed by atoms with Crippen molar-refractivity contribution >= 4 is 11.6 Å². The molecule has 2 rings (SSSR count). The van der Waals surface area contributed by atoms with Crippen molar-refractivity contribution in [3.63, 3.8) is 0 Å². The lowest BCUT2D eigenvalue weighted by Gasteiger charge is -2.16. The van der Waals surface area contributed by atoms with Crippen LogP contribution in [0.15, 0.2) is 28.8 Å². The molecule has 18 heavy (non-hydrogen) atoms. The molecule has 1 aromatic carbocycles. The summed E-state index contributed by atoms with van der Waals surface area (Å²) in [5, 5.41) is 14.6. The molecule has 0 saturated carbocycles. The molecule has 1 heterocycles. The van der Waals surface area contributed by atoms with E-state index in [2.05, 4.69) is 10.1 Å². The number of benzene rings is 1. The van der Waals surface area contributed by atoms with Gasteiger partial charge in [-0.1, -0.05) is 42.2 Å². The highest BCUT2D eigenvalue weighted by Crippen LogP contribution is 2.29. The summed E-state index contributed by atoms with van der Waals surface area (Å²) in [4.78, 5) is 4.22. The fourth-order valence-corrected chi connectivity index (χ4v) is 2.01. The Morgan fingerprint density at radius 2 is 2.11 bits per heavy atom. The maximum atomic E-state index is 10.2. The minimum atomic E-state index is -1.10. The van der Waals surface area contributed by atoms with E-state index in [1.807, 2.05) is 25.1 Å². The van der Waals surface area contributed by atoms with E-state index in [1.54, 1.807) is 13.0 Å². The fourth-order valence-electron chi connectivity index (χ4n) is 1.79. The van der Waals surface area contributed by atoms with Crippen LogP contribution in [0.4, 0.5) is 0 Å². The Labute approximate surface area is 111 Å². The quantitative estimate of drug-likeness (QED) is 0.921. The van der Waals surface area contributed by atoms with Crippen molar-refractivity contribution < 1.29 is 9.63 Å². The standard InChI is InChI=1S/C13H15ClN2O2/c1-3-8-13(2,17)12-15-11(16-18-12)9-6-4-5-7-10(9)14/h4-7,17H,3,8H2,1-2H3. The Hall–Kier alpha value is -1.39. The van der Waals surface area contributed by atoms with Crippen LogP contribution in [0.5, 0.6) is 0 Å². The molecule has 0 radical (unpaired) electrons. The van der Waals surface area contributed by atoms with E-state index in [0.29, 0.717) is 22.8 Å². The van der Waals surface area contributed by atoms with Gasteiger partial charge in [0.15, 0.2) is 0 Å². The number of nitrogens with zero attached hydrogens (tertiary/aromatic N) is 2. The molecule has 4 nitrogen and oxygen atoms in total. The van der Waals surface area contributed by atoms with Crippen LogP contribution in [0, 0.1) is 0 Å². The first-order valence-electron chi connectivity index (χ1n) is 5.86. The summed E-state index contributed by atoms with van der Waals surface area (Å²) in [5.41, 5.74) is -0.400. The highest BCUT2D eigenvalue weighted by molar-refractivity contribution is 6.33. The molecule has 0 aliphatic heterocycles. The lowest BCUT2D eigenvalue weighted by Crippen LogP contribution is -2.21. The minimum absolute atomic E-state index is 0.222. The average molecular weight is 267 g/mol. The van der Waals surface area contributed by atoms with Crippen LogP contribution in [0.1, 0.15) is 32.6 Å². The number of hydrogen-bond acceptors (Lipinski definition) is 4. The molecular weight excluding hydrogens is 252 g/mol. The lowest BCUT2D eigenvalue weighted by atomic mass is 10.0. The SMILES string of the molecule is CCCC(C)(O)c1nc(-c2ccccc2Cl)no1. The van der Waals surface area contributed by atoms with E-state index in [-0.39, 0.29) is 5.89 Å². The summed E-state index contributed by atoms with van der Waals surface area (Å²) >= 11 is 6.06. The highest BCUT2D eigenvalue weighted by atomic mass is 35.5. The van der Waals surface area contributed by atoms with Crippen LogP contribution in [-0.4, -0.2) is 15.2 Å². The molecule has 96 valence electrons. The summed E-state index contributed by atoms with van der Waals surface area (Å²) < 4.78 is 5.12. The van der Waals surface area contributed by atoms with Crippen LogP contribution < -0.4 is 0 Å². The zero-order valence-corrected chi connectivity index (χ0v) is 11.1. The summed E-state index contributed by atoms with van der Waals surface area (Å²) in [7, 11) is 0. The molecule has 0 bridgehead atoms. The Balaban J connectivity index is 2.34. The molecule has 0 fully saturated rings. The van der Waals surface area contributed by atoms with Gasteiger partial charge in [0.2, 0.25) is 5.82 Å². The second kappa shape index (κ2) is 5.08. The number of hydrogen-bond donors (Lipinski definition) is 1. The Morgan fingerprint density at radius 1 is 1.39 bits per heavy atom. The molecule has 0 aliphatic carbocycles. The van der Waals surface area contributed by atoms with Crippen molar-refractivity contribution in [1.29, 1.82) is 0 Å². The summed E-state index contributed by atoms with van der Waals surface area (Å²) in [6.07, 6.45) is 1.40. The van der Waals surface area contributed by atoms with Gasteiger partial charge in [-0.3, -0.25) is 0 Å². The van der Waals surface area contributed by atoms with E-state index >= 15 is 0 Å². The topological polar surface area (TPSA) is 59.2 Å². The van der Waals surface area contributed by atoms with Gasteiger partial charge < -0.3 is 9.63 Å². The second-order valence-corrected chi connectivity index (χ2v) is 4.83. The third-order valence-electron chi connectivity index (χ3n) is 2.74. The Bertz CT molecular complexity index is 537. The summed E-state index contributed by atoms with van der Waals surface area (Å²) in [6.45, 7) is 3.65. The number of aliphatic hydroxyl groups is 1. The third kappa shape index (κ3) is 2.54. The lowest BCUT2D eigenvalue weighted by molar-refractivity contribution is 0.0138. The van der Waals surface area contributed by atoms with Gasteiger partial charge in [0.1, 0.15) is 5.60 Å². The second-order valence-electron chi connectivity index (χ2n) is 4.43. The third-order valence-corrected chi connectivity index (χ3v) is 3.07. The van der Waals surface area contributed by atoms with E-state index in [1.165, 1.54) is 0 Å². The van der Waals surface area contributed by atoms with Crippen molar-refractivity contribution in [1.82, 2.24) is 10.1 Å². The summed E-state index contributed by atoms with van der Waals surface area (Å²) in [5.74, 6) is 0.617. The molecule has 1 unspecified atom stereocenters. The van der Waals surface area contributed by atoms with Gasteiger partial charge in [-0.15, -0.1) is 0 Å². The highest BCUT2D eigenvalue weighted by Gasteiger charge is 2.29. The van der Waals surface area contributed by atoms with Gasteiger partial charge in [-0.05, 0) is 25.5 Å². The van der Waals surface area contributed by atoms with Crippen LogP contribution in [-0.2, 0) is 5.60 Å². The molecule has 0 saturated heterocycles. The molecule has 0 amide bonds.